The first-order valence-electron chi connectivity index (χ1n) is 5.07. The van der Waals surface area contributed by atoms with Gasteiger partial charge in [-0.3, -0.25) is 4.79 Å². The highest BCUT2D eigenvalue weighted by Gasteiger charge is 1.93. The third kappa shape index (κ3) is 2.67. The largest absolute Gasteiger partial charge is 0.333 e. The molecular formula is C13H12N2O. The average molecular weight is 212 g/mol. The van der Waals surface area contributed by atoms with Crippen molar-refractivity contribution in [3.63, 3.8) is 0 Å². The minimum Gasteiger partial charge on any atom is -0.333 e. The number of benzene rings is 1. The molecule has 0 aliphatic heterocycles. The van der Waals surface area contributed by atoms with Crippen LogP contribution < -0.4 is 0 Å². The molecule has 1 heterocycles. The summed E-state index contributed by atoms with van der Waals surface area (Å²) in [4.78, 5) is 14.3. The summed E-state index contributed by atoms with van der Waals surface area (Å²) in [5, 5.41) is 0. The van der Waals surface area contributed by atoms with Gasteiger partial charge >= 0.3 is 0 Å². The second-order valence-electron chi connectivity index (χ2n) is 3.43. The lowest BCUT2D eigenvalue weighted by atomic mass is 10.2. The van der Waals surface area contributed by atoms with Gasteiger partial charge in [0.1, 0.15) is 5.69 Å². The molecule has 0 unspecified atom stereocenters. The molecule has 3 heteroatoms. The molecule has 2 aromatic rings. The van der Waals surface area contributed by atoms with Crippen molar-refractivity contribution < 1.29 is 4.79 Å². The van der Waals surface area contributed by atoms with Crippen molar-refractivity contribution in [1.82, 2.24) is 9.55 Å². The molecule has 1 aromatic carbocycles. The van der Waals surface area contributed by atoms with Gasteiger partial charge in [-0.1, -0.05) is 42.5 Å². The quantitative estimate of drug-likeness (QED) is 0.729. The molecule has 80 valence electrons. The summed E-state index contributed by atoms with van der Waals surface area (Å²) in [5.74, 6) is 0. The van der Waals surface area contributed by atoms with E-state index in [4.69, 9.17) is 0 Å². The number of hydrogen-bond donors (Lipinski definition) is 0. The number of carbonyl (C=O) groups excluding carboxylic acids is 1. The predicted octanol–water partition coefficient (Wildman–Crippen LogP) is 2.41. The van der Waals surface area contributed by atoms with Crippen LogP contribution >= 0.6 is 0 Å². The van der Waals surface area contributed by atoms with E-state index in [2.05, 4.69) is 4.98 Å². The molecule has 0 bridgehead atoms. The fourth-order valence-electron chi connectivity index (χ4n) is 1.41. The van der Waals surface area contributed by atoms with Crippen molar-refractivity contribution in [1.29, 1.82) is 0 Å². The fraction of sp³-hybridized carbons (Fsp3) is 0.0769. The molecule has 1 aromatic heterocycles. The zero-order valence-electron chi connectivity index (χ0n) is 8.78. The summed E-state index contributed by atoms with van der Waals surface area (Å²) in [6.45, 7) is 0.718. The minimum atomic E-state index is 0.466. The maximum atomic E-state index is 10.4. The zero-order valence-corrected chi connectivity index (χ0v) is 8.78. The second-order valence-corrected chi connectivity index (χ2v) is 3.43. The van der Waals surface area contributed by atoms with Crippen molar-refractivity contribution in [2.45, 2.75) is 6.54 Å². The van der Waals surface area contributed by atoms with E-state index in [0.717, 1.165) is 12.8 Å². The molecule has 0 radical (unpaired) electrons. The van der Waals surface area contributed by atoms with E-state index in [-0.39, 0.29) is 0 Å². The number of allylic oxidation sites excluding steroid dienone is 1. The van der Waals surface area contributed by atoms with Crippen molar-refractivity contribution in [2.24, 2.45) is 0 Å². The van der Waals surface area contributed by atoms with Crippen LogP contribution in [-0.4, -0.2) is 15.8 Å². The Labute approximate surface area is 94.1 Å². The third-order valence-electron chi connectivity index (χ3n) is 2.20. The predicted molar refractivity (Wildman–Crippen MR) is 63.1 cm³/mol. The van der Waals surface area contributed by atoms with Gasteiger partial charge in [0.05, 0.1) is 6.33 Å². The Morgan fingerprint density at radius 1 is 1.25 bits per heavy atom. The number of hydrogen-bond acceptors (Lipinski definition) is 2. The van der Waals surface area contributed by atoms with Gasteiger partial charge in [-0.05, 0) is 5.56 Å². The summed E-state index contributed by atoms with van der Waals surface area (Å²) < 4.78 is 1.86. The second kappa shape index (κ2) is 5.07. The molecule has 0 aliphatic rings. The lowest BCUT2D eigenvalue weighted by Crippen LogP contribution is -1.89. The number of nitrogens with zero attached hydrogens (tertiary/aromatic N) is 2. The Morgan fingerprint density at radius 2 is 2.06 bits per heavy atom. The maximum Gasteiger partial charge on any atom is 0.169 e. The van der Waals surface area contributed by atoms with E-state index in [1.54, 1.807) is 12.5 Å². The van der Waals surface area contributed by atoms with E-state index < -0.39 is 0 Å². The topological polar surface area (TPSA) is 34.9 Å². The van der Waals surface area contributed by atoms with E-state index >= 15 is 0 Å². The van der Waals surface area contributed by atoms with Crippen LogP contribution in [0.1, 0.15) is 16.1 Å². The molecule has 0 saturated carbocycles. The third-order valence-corrected chi connectivity index (χ3v) is 2.20. The van der Waals surface area contributed by atoms with Crippen LogP contribution in [0.3, 0.4) is 0 Å². The summed E-state index contributed by atoms with van der Waals surface area (Å²) in [6.07, 6.45) is 8.20. The molecule has 0 atom stereocenters. The normalized spacial score (nSPS) is 10.8. The molecule has 0 aliphatic carbocycles. The highest BCUT2D eigenvalue weighted by atomic mass is 16.1. The Bertz CT molecular complexity index is 486. The molecule has 0 fully saturated rings. The summed E-state index contributed by atoms with van der Waals surface area (Å²) in [6, 6.07) is 10.1. The molecule has 2 rings (SSSR count). The number of aromatic nitrogens is 2. The highest BCUT2D eigenvalue weighted by Crippen LogP contribution is 2.01. The highest BCUT2D eigenvalue weighted by molar-refractivity contribution is 5.70. The van der Waals surface area contributed by atoms with Gasteiger partial charge in [-0.25, -0.2) is 4.98 Å². The first-order valence-corrected chi connectivity index (χ1v) is 5.07. The van der Waals surface area contributed by atoms with Crippen LogP contribution in [0.15, 0.2) is 48.9 Å². The van der Waals surface area contributed by atoms with E-state index in [0.29, 0.717) is 5.69 Å². The van der Waals surface area contributed by atoms with Gasteiger partial charge in [-0.2, -0.15) is 0 Å². The maximum absolute atomic E-state index is 10.4. The minimum absolute atomic E-state index is 0.466. The number of carbonyl (C=O) groups is 1. The van der Waals surface area contributed by atoms with Crippen molar-refractivity contribution in [3.8, 4) is 0 Å². The monoisotopic (exact) mass is 212 g/mol. The summed E-state index contributed by atoms with van der Waals surface area (Å²) >= 11 is 0. The Balaban J connectivity index is 1.97. The van der Waals surface area contributed by atoms with Crippen LogP contribution in [0, 0.1) is 0 Å². The van der Waals surface area contributed by atoms with E-state index in [9.17, 15) is 4.79 Å². The van der Waals surface area contributed by atoms with Crippen molar-refractivity contribution >= 4 is 12.4 Å². The molecule has 16 heavy (non-hydrogen) atoms. The first kappa shape index (κ1) is 10.4. The molecule has 0 amide bonds. The number of imidazole rings is 1. The van der Waals surface area contributed by atoms with Crippen LogP contribution in [0.4, 0.5) is 0 Å². The van der Waals surface area contributed by atoms with E-state index in [1.165, 1.54) is 5.56 Å². The standard InChI is InChI=1S/C13H12N2O/c16-10-13-9-15(11-14-13)8-4-7-12-5-2-1-3-6-12/h1-7,9-11H,8H2/b7-4+. The Hall–Kier alpha value is -2.16. The van der Waals surface area contributed by atoms with Gasteiger partial charge in [0.15, 0.2) is 6.29 Å². The van der Waals surface area contributed by atoms with Gasteiger partial charge in [0.25, 0.3) is 0 Å². The van der Waals surface area contributed by atoms with Gasteiger partial charge in [0, 0.05) is 12.7 Å². The lowest BCUT2D eigenvalue weighted by molar-refractivity contribution is 0.111. The number of aldehydes is 1. The lowest BCUT2D eigenvalue weighted by Gasteiger charge is -1.94. The molecular weight excluding hydrogens is 200 g/mol. The summed E-state index contributed by atoms with van der Waals surface area (Å²) in [7, 11) is 0. The molecule has 3 nitrogen and oxygen atoms in total. The average Bonchev–Trinajstić information content (AvgIpc) is 2.78. The van der Waals surface area contributed by atoms with Crippen LogP contribution in [0.25, 0.3) is 6.08 Å². The molecule has 0 saturated heterocycles. The van der Waals surface area contributed by atoms with Crippen molar-refractivity contribution in [2.75, 3.05) is 0 Å². The fourth-order valence-corrected chi connectivity index (χ4v) is 1.41. The van der Waals surface area contributed by atoms with Gasteiger partial charge in [-0.15, -0.1) is 0 Å². The van der Waals surface area contributed by atoms with Crippen molar-refractivity contribution in [3.05, 3.63) is 60.2 Å². The van der Waals surface area contributed by atoms with Crippen LogP contribution in [0.5, 0.6) is 0 Å². The van der Waals surface area contributed by atoms with Gasteiger partial charge < -0.3 is 4.57 Å². The van der Waals surface area contributed by atoms with E-state index in [1.807, 2.05) is 47.1 Å². The van der Waals surface area contributed by atoms with Gasteiger partial charge in [0.2, 0.25) is 0 Å². The Kier molecular flexibility index (Phi) is 3.28. The SMILES string of the molecule is O=Cc1cn(C/C=C/c2ccccc2)cn1. The summed E-state index contributed by atoms with van der Waals surface area (Å²) in [5.41, 5.74) is 1.63. The van der Waals surface area contributed by atoms with Crippen LogP contribution in [-0.2, 0) is 6.54 Å². The number of rotatable bonds is 4. The zero-order chi connectivity index (χ0) is 11.2. The molecule has 0 spiro atoms. The smallest absolute Gasteiger partial charge is 0.169 e. The van der Waals surface area contributed by atoms with Crippen LogP contribution in [0.2, 0.25) is 0 Å². The molecule has 0 N–H and O–H groups in total. The Morgan fingerprint density at radius 3 is 2.75 bits per heavy atom. The first-order chi connectivity index (χ1) is 7.88.